The average molecular weight is 159 g/mol. The molecule has 11 heavy (non-hydrogen) atoms. The normalized spacial score (nSPS) is 12.5. The van der Waals surface area contributed by atoms with E-state index in [1.165, 1.54) is 19.2 Å². The number of rotatable bonds is 2. The topological polar surface area (TPSA) is 9.23 Å². The maximum absolute atomic E-state index is 12.4. The first kappa shape index (κ1) is 6.58. The second-order valence-electron chi connectivity index (χ2n) is 1.99. The molecule has 3 heteroatoms. The molecule has 1 aromatic rings. The van der Waals surface area contributed by atoms with Gasteiger partial charge in [-0.05, 0) is 12.1 Å². The molecule has 0 N–H and O–H groups in total. The summed E-state index contributed by atoms with van der Waals surface area (Å²) in [6, 6.07) is 5.31. The monoisotopic (exact) mass is 159 g/mol. The highest BCUT2D eigenvalue weighted by Crippen LogP contribution is 2.22. The number of alkyl halides is 2. The Morgan fingerprint density at radius 3 is 2.82 bits per heavy atom. The van der Waals surface area contributed by atoms with E-state index >= 15 is 0 Å². The Morgan fingerprint density at radius 1 is 1.55 bits per heavy atom. The molecule has 0 unspecified atom stereocenters. The summed E-state index contributed by atoms with van der Waals surface area (Å²) in [7, 11) is 1.39. The molecule has 0 aliphatic carbocycles. The Balaban J connectivity index is 3.02. The van der Waals surface area contributed by atoms with E-state index in [9.17, 15) is 8.78 Å². The number of hydrogen-bond donors (Lipinski definition) is 0. The van der Waals surface area contributed by atoms with E-state index in [2.05, 4.69) is 0 Å². The second-order valence-corrected chi connectivity index (χ2v) is 1.99. The maximum atomic E-state index is 12.4. The third-order valence-corrected chi connectivity index (χ3v) is 1.29. The molecule has 0 saturated heterocycles. The standard InChI is InChI=1S/C8H8F2O/c1-11-7-4-2-3-6(5-7)8(9)10/h2-5,8H,1H3/i8D. The largest absolute Gasteiger partial charge is 0.497 e. The minimum Gasteiger partial charge on any atom is -0.497 e. The van der Waals surface area contributed by atoms with Crippen LogP contribution in [-0.4, -0.2) is 7.11 Å². The molecule has 0 bridgehead atoms. The Labute approximate surface area is 65.0 Å². The highest BCUT2D eigenvalue weighted by Gasteiger charge is 2.06. The van der Waals surface area contributed by atoms with E-state index in [0.29, 0.717) is 5.75 Å². The predicted octanol–water partition coefficient (Wildman–Crippen LogP) is 2.63. The van der Waals surface area contributed by atoms with Crippen molar-refractivity contribution in [1.29, 1.82) is 0 Å². The lowest BCUT2D eigenvalue weighted by Gasteiger charge is -2.01. The Hall–Kier alpha value is -1.12. The van der Waals surface area contributed by atoms with Gasteiger partial charge >= 0.3 is 0 Å². The van der Waals surface area contributed by atoms with Gasteiger partial charge in [0.05, 0.1) is 7.11 Å². The minimum absolute atomic E-state index is 0.333. The fraction of sp³-hybridized carbons (Fsp3) is 0.250. The number of ether oxygens (including phenoxy) is 1. The molecule has 0 aliphatic rings. The predicted molar refractivity (Wildman–Crippen MR) is 38.0 cm³/mol. The molecule has 1 rings (SSSR count). The number of hydrogen-bond acceptors (Lipinski definition) is 1. The highest BCUT2D eigenvalue weighted by molar-refractivity contribution is 5.28. The van der Waals surface area contributed by atoms with Gasteiger partial charge in [0.25, 0.3) is 6.40 Å². The summed E-state index contributed by atoms with van der Waals surface area (Å²) in [5, 5.41) is 0. The minimum atomic E-state index is -3.55. The van der Waals surface area contributed by atoms with Crippen LogP contribution in [-0.2, 0) is 0 Å². The van der Waals surface area contributed by atoms with Crippen LogP contribution in [0.15, 0.2) is 24.3 Å². The zero-order chi connectivity index (χ0) is 9.19. The molecule has 0 atom stereocenters. The summed E-state index contributed by atoms with van der Waals surface area (Å²) in [6.45, 7) is 0. The molecule has 60 valence electrons. The second kappa shape index (κ2) is 3.32. The first-order chi connectivity index (χ1) is 5.54. The van der Waals surface area contributed by atoms with Crippen LogP contribution in [0.5, 0.6) is 5.75 Å². The van der Waals surface area contributed by atoms with E-state index < -0.39 is 6.40 Å². The molecular weight excluding hydrogens is 150 g/mol. The molecule has 1 nitrogen and oxygen atoms in total. The fourth-order valence-corrected chi connectivity index (χ4v) is 0.741. The van der Waals surface area contributed by atoms with E-state index in [-0.39, 0.29) is 5.56 Å². The molecule has 1 aromatic carbocycles. The van der Waals surface area contributed by atoms with Gasteiger partial charge < -0.3 is 4.74 Å². The molecule has 0 fully saturated rings. The van der Waals surface area contributed by atoms with Gasteiger partial charge in [-0.3, -0.25) is 0 Å². The smallest absolute Gasteiger partial charge is 0.263 e. The van der Waals surface area contributed by atoms with Gasteiger partial charge in [-0.1, -0.05) is 12.1 Å². The molecule has 0 aliphatic heterocycles. The van der Waals surface area contributed by atoms with Crippen molar-refractivity contribution in [3.63, 3.8) is 0 Å². The Bertz CT molecular complexity index is 270. The van der Waals surface area contributed by atoms with Crippen molar-refractivity contribution >= 4 is 0 Å². The van der Waals surface area contributed by atoms with E-state index in [0.717, 1.165) is 6.07 Å². The fourth-order valence-electron chi connectivity index (χ4n) is 0.741. The van der Waals surface area contributed by atoms with Crippen molar-refractivity contribution in [2.24, 2.45) is 0 Å². The van der Waals surface area contributed by atoms with Crippen LogP contribution in [0.25, 0.3) is 0 Å². The summed E-state index contributed by atoms with van der Waals surface area (Å²) in [5.74, 6) is 0.333. The lowest BCUT2D eigenvalue weighted by atomic mass is 10.2. The zero-order valence-corrected chi connectivity index (χ0v) is 5.97. The third kappa shape index (κ3) is 1.90. The lowest BCUT2D eigenvalue weighted by molar-refractivity contribution is 0.151. The van der Waals surface area contributed by atoms with Crippen LogP contribution >= 0.6 is 0 Å². The quantitative estimate of drug-likeness (QED) is 0.644. The molecule has 0 amide bonds. The number of halogens is 2. The first-order valence-corrected chi connectivity index (χ1v) is 3.06. The summed E-state index contributed by atoms with van der Waals surface area (Å²) in [4.78, 5) is 0. The van der Waals surface area contributed by atoms with Gasteiger partial charge in [-0.15, -0.1) is 0 Å². The van der Waals surface area contributed by atoms with Crippen molar-refractivity contribution in [3.8, 4) is 5.75 Å². The third-order valence-electron chi connectivity index (χ3n) is 1.29. The van der Waals surface area contributed by atoms with Crippen LogP contribution in [0.3, 0.4) is 0 Å². The highest BCUT2D eigenvalue weighted by atomic mass is 19.3. The van der Waals surface area contributed by atoms with E-state index in [1.807, 2.05) is 0 Å². The van der Waals surface area contributed by atoms with Crippen LogP contribution in [0.4, 0.5) is 8.78 Å². The zero-order valence-electron chi connectivity index (χ0n) is 6.97. The molecule has 0 spiro atoms. The molecule has 0 heterocycles. The van der Waals surface area contributed by atoms with Crippen LogP contribution < -0.4 is 4.74 Å². The Kier molecular flexibility index (Phi) is 1.99. The summed E-state index contributed by atoms with van der Waals surface area (Å²) in [6.07, 6.45) is -3.55. The van der Waals surface area contributed by atoms with Crippen molar-refractivity contribution in [3.05, 3.63) is 29.8 Å². The molecular formula is C8H8F2O. The van der Waals surface area contributed by atoms with Crippen molar-refractivity contribution in [2.45, 2.75) is 6.40 Å². The lowest BCUT2D eigenvalue weighted by Crippen LogP contribution is -1.86. The number of methoxy groups -OCH3 is 1. The van der Waals surface area contributed by atoms with E-state index in [4.69, 9.17) is 6.11 Å². The van der Waals surface area contributed by atoms with Crippen LogP contribution in [0.2, 0.25) is 0 Å². The van der Waals surface area contributed by atoms with Crippen molar-refractivity contribution in [2.75, 3.05) is 7.11 Å². The van der Waals surface area contributed by atoms with Gasteiger partial charge in [0.2, 0.25) is 0 Å². The average Bonchev–Trinajstić information content (AvgIpc) is 2.03. The summed E-state index contributed by atoms with van der Waals surface area (Å²) < 4.78 is 36.0. The van der Waals surface area contributed by atoms with Crippen molar-refractivity contribution < 1.29 is 14.9 Å². The van der Waals surface area contributed by atoms with Crippen LogP contribution in [0, 0.1) is 0 Å². The van der Waals surface area contributed by atoms with Gasteiger partial charge in [-0.2, -0.15) is 0 Å². The summed E-state index contributed by atoms with van der Waals surface area (Å²) >= 11 is 0. The van der Waals surface area contributed by atoms with Crippen molar-refractivity contribution in [1.82, 2.24) is 0 Å². The molecule has 0 aromatic heterocycles. The molecule has 0 saturated carbocycles. The SMILES string of the molecule is [2H]C(F)(F)c1cccc(OC)c1. The van der Waals surface area contributed by atoms with E-state index in [1.54, 1.807) is 6.07 Å². The van der Waals surface area contributed by atoms with Crippen LogP contribution in [0.1, 0.15) is 13.3 Å². The Morgan fingerprint density at radius 2 is 2.27 bits per heavy atom. The van der Waals surface area contributed by atoms with Gasteiger partial charge in [0.15, 0.2) is 0 Å². The van der Waals surface area contributed by atoms with Gasteiger partial charge in [0, 0.05) is 5.56 Å². The maximum Gasteiger partial charge on any atom is 0.263 e. The summed E-state index contributed by atoms with van der Waals surface area (Å²) in [5.41, 5.74) is -0.359. The first-order valence-electron chi connectivity index (χ1n) is 3.56. The van der Waals surface area contributed by atoms with Gasteiger partial charge in [0.1, 0.15) is 7.12 Å². The molecule has 0 radical (unpaired) electrons. The number of benzene rings is 1. The van der Waals surface area contributed by atoms with Gasteiger partial charge in [-0.25, -0.2) is 8.78 Å².